The van der Waals surface area contributed by atoms with E-state index >= 15 is 0 Å². The van der Waals surface area contributed by atoms with E-state index in [-0.39, 0.29) is 24.2 Å². The molecule has 1 spiro atoms. The molecular formula is C17H22N2O3S. The number of carbonyl (C=O) groups excluding carboxylic acids is 3. The first-order valence-corrected chi connectivity index (χ1v) is 9.05. The number of hydrogen-bond donors (Lipinski definition) is 1. The number of rotatable bonds is 4. The van der Waals surface area contributed by atoms with Gasteiger partial charge in [-0.25, -0.2) is 4.79 Å². The lowest BCUT2D eigenvalue weighted by molar-refractivity contribution is -0.133. The first kappa shape index (κ1) is 16.2. The maximum Gasteiger partial charge on any atom is 0.325 e. The highest BCUT2D eigenvalue weighted by Gasteiger charge is 2.55. The predicted molar refractivity (Wildman–Crippen MR) is 88.6 cm³/mol. The second-order valence-corrected chi connectivity index (χ2v) is 7.65. The Morgan fingerprint density at radius 3 is 2.83 bits per heavy atom. The van der Waals surface area contributed by atoms with Gasteiger partial charge in [0.15, 0.2) is 5.78 Å². The summed E-state index contributed by atoms with van der Waals surface area (Å²) in [5, 5.41) is 2.88. The van der Waals surface area contributed by atoms with Crippen LogP contribution in [-0.4, -0.2) is 34.7 Å². The molecule has 0 unspecified atom stereocenters. The Hall–Kier alpha value is -1.69. The molecule has 23 heavy (non-hydrogen) atoms. The highest BCUT2D eigenvalue weighted by molar-refractivity contribution is 7.14. The van der Waals surface area contributed by atoms with Crippen LogP contribution in [0.1, 0.15) is 54.1 Å². The number of aryl methyl sites for hydroxylation is 1. The second kappa shape index (κ2) is 6.07. The molecule has 1 aromatic rings. The molecule has 5 nitrogen and oxygen atoms in total. The summed E-state index contributed by atoms with van der Waals surface area (Å²) in [6, 6.07) is 3.28. The fraction of sp³-hybridized carbons (Fsp3) is 0.588. The van der Waals surface area contributed by atoms with Gasteiger partial charge in [-0.2, -0.15) is 0 Å². The zero-order valence-electron chi connectivity index (χ0n) is 13.6. The van der Waals surface area contributed by atoms with E-state index in [1.807, 2.05) is 19.9 Å². The number of nitrogens with one attached hydrogen (secondary N) is 1. The fourth-order valence-corrected chi connectivity index (χ4v) is 4.46. The van der Waals surface area contributed by atoms with Crippen molar-refractivity contribution in [1.29, 1.82) is 0 Å². The minimum atomic E-state index is -0.792. The predicted octanol–water partition coefficient (Wildman–Crippen LogP) is 2.99. The molecular weight excluding hydrogens is 312 g/mol. The minimum Gasteiger partial charge on any atom is -0.323 e. The summed E-state index contributed by atoms with van der Waals surface area (Å²) in [5.74, 6) is -0.282. The standard InChI is InChI=1S/C17H22N2O3S/c1-3-12-7-8-14(23-12)13(20)10-19-15(21)17(18-16(19)22)9-5-4-6-11(17)2/h7-8,11H,3-6,9-10H2,1-2H3,(H,18,22)/t11-,17-/m1/s1. The van der Waals surface area contributed by atoms with Crippen molar-refractivity contribution >= 4 is 29.1 Å². The van der Waals surface area contributed by atoms with Crippen molar-refractivity contribution in [3.63, 3.8) is 0 Å². The Kier molecular flexibility index (Phi) is 4.27. The number of hydrogen-bond acceptors (Lipinski definition) is 4. The van der Waals surface area contributed by atoms with Crippen molar-refractivity contribution in [2.45, 2.75) is 51.5 Å². The quantitative estimate of drug-likeness (QED) is 0.680. The van der Waals surface area contributed by atoms with Gasteiger partial charge in [0.05, 0.1) is 11.4 Å². The van der Waals surface area contributed by atoms with Gasteiger partial charge in [0, 0.05) is 4.88 Å². The van der Waals surface area contributed by atoms with Gasteiger partial charge in [0.25, 0.3) is 5.91 Å². The number of ketones is 1. The lowest BCUT2D eigenvalue weighted by atomic mass is 9.73. The molecule has 2 atom stereocenters. The number of urea groups is 1. The number of carbonyl (C=O) groups is 3. The zero-order valence-corrected chi connectivity index (χ0v) is 14.4. The van der Waals surface area contributed by atoms with E-state index in [9.17, 15) is 14.4 Å². The van der Waals surface area contributed by atoms with E-state index in [1.54, 1.807) is 6.07 Å². The highest BCUT2D eigenvalue weighted by Crippen LogP contribution is 2.38. The first-order chi connectivity index (χ1) is 11.0. The Labute approximate surface area is 140 Å². The van der Waals surface area contributed by atoms with Crippen LogP contribution >= 0.6 is 11.3 Å². The third-order valence-corrected chi connectivity index (χ3v) is 6.36. The average molecular weight is 334 g/mol. The molecule has 1 aromatic heterocycles. The summed E-state index contributed by atoms with van der Waals surface area (Å²) >= 11 is 1.44. The van der Waals surface area contributed by atoms with Gasteiger partial charge in [0.2, 0.25) is 0 Å². The summed E-state index contributed by atoms with van der Waals surface area (Å²) in [7, 11) is 0. The lowest BCUT2D eigenvalue weighted by Gasteiger charge is -2.36. The summed E-state index contributed by atoms with van der Waals surface area (Å²) < 4.78 is 0. The molecule has 1 N–H and O–H groups in total. The minimum absolute atomic E-state index is 0.112. The second-order valence-electron chi connectivity index (χ2n) is 6.48. The summed E-state index contributed by atoms with van der Waals surface area (Å²) in [4.78, 5) is 40.4. The molecule has 2 heterocycles. The van der Waals surface area contributed by atoms with Crippen LogP contribution in [0.5, 0.6) is 0 Å². The van der Waals surface area contributed by atoms with Crippen LogP contribution in [0.2, 0.25) is 0 Å². The van der Waals surface area contributed by atoms with E-state index in [0.29, 0.717) is 11.3 Å². The molecule has 1 saturated carbocycles. The lowest BCUT2D eigenvalue weighted by Crippen LogP contribution is -2.54. The van der Waals surface area contributed by atoms with Gasteiger partial charge in [-0.3, -0.25) is 14.5 Å². The summed E-state index contributed by atoms with van der Waals surface area (Å²) in [6.45, 7) is 3.88. The number of amides is 3. The molecule has 2 aliphatic rings. The smallest absolute Gasteiger partial charge is 0.323 e. The number of nitrogens with zero attached hydrogens (tertiary/aromatic N) is 1. The largest absolute Gasteiger partial charge is 0.325 e. The Bertz CT molecular complexity index is 654. The van der Waals surface area contributed by atoms with Gasteiger partial charge >= 0.3 is 6.03 Å². The molecule has 3 amide bonds. The maximum absolute atomic E-state index is 12.8. The molecule has 6 heteroatoms. The van der Waals surface area contributed by atoms with Crippen LogP contribution in [-0.2, 0) is 11.2 Å². The van der Waals surface area contributed by atoms with Gasteiger partial charge < -0.3 is 5.32 Å². The van der Waals surface area contributed by atoms with Crippen molar-refractivity contribution in [3.05, 3.63) is 21.9 Å². The van der Waals surface area contributed by atoms with Gasteiger partial charge in [-0.15, -0.1) is 11.3 Å². The zero-order chi connectivity index (χ0) is 16.6. The van der Waals surface area contributed by atoms with Crippen LogP contribution in [0.25, 0.3) is 0 Å². The van der Waals surface area contributed by atoms with Crippen LogP contribution < -0.4 is 5.32 Å². The molecule has 2 fully saturated rings. The monoisotopic (exact) mass is 334 g/mol. The maximum atomic E-state index is 12.8. The third-order valence-electron chi connectivity index (χ3n) is 5.09. The average Bonchev–Trinajstić information content (AvgIpc) is 3.10. The fourth-order valence-electron chi connectivity index (χ4n) is 3.58. The number of Topliss-reactive ketones (excluding diaryl/α,β-unsaturated/α-hetero) is 1. The SMILES string of the molecule is CCc1ccc(C(=O)CN2C(=O)N[C@@]3(CCCC[C@H]3C)C2=O)s1. The van der Waals surface area contributed by atoms with Crippen molar-refractivity contribution in [2.24, 2.45) is 5.92 Å². The van der Waals surface area contributed by atoms with E-state index in [4.69, 9.17) is 0 Å². The van der Waals surface area contributed by atoms with Crippen LogP contribution in [0.3, 0.4) is 0 Å². The van der Waals surface area contributed by atoms with Crippen LogP contribution in [0, 0.1) is 5.92 Å². The van der Waals surface area contributed by atoms with E-state index in [0.717, 1.165) is 35.5 Å². The number of imide groups is 1. The molecule has 1 aliphatic carbocycles. The van der Waals surface area contributed by atoms with Crippen molar-refractivity contribution < 1.29 is 14.4 Å². The topological polar surface area (TPSA) is 66.5 Å². The van der Waals surface area contributed by atoms with Crippen molar-refractivity contribution in [1.82, 2.24) is 10.2 Å². The van der Waals surface area contributed by atoms with Gasteiger partial charge in [-0.1, -0.05) is 26.7 Å². The van der Waals surface area contributed by atoms with Crippen molar-refractivity contribution in [3.8, 4) is 0 Å². The van der Waals surface area contributed by atoms with Crippen LogP contribution in [0.15, 0.2) is 12.1 Å². The molecule has 0 bridgehead atoms. The van der Waals surface area contributed by atoms with E-state index < -0.39 is 11.6 Å². The molecule has 0 aromatic carbocycles. The third kappa shape index (κ3) is 2.69. The normalized spacial score (nSPS) is 27.6. The first-order valence-electron chi connectivity index (χ1n) is 8.24. The Morgan fingerprint density at radius 1 is 1.39 bits per heavy atom. The molecule has 1 saturated heterocycles. The highest BCUT2D eigenvalue weighted by atomic mass is 32.1. The van der Waals surface area contributed by atoms with Crippen molar-refractivity contribution in [2.75, 3.05) is 6.54 Å². The van der Waals surface area contributed by atoms with Gasteiger partial charge in [0.1, 0.15) is 5.54 Å². The van der Waals surface area contributed by atoms with Gasteiger partial charge in [-0.05, 0) is 37.3 Å². The Morgan fingerprint density at radius 2 is 2.17 bits per heavy atom. The summed E-state index contributed by atoms with van der Waals surface area (Å²) in [6.07, 6.45) is 4.49. The van der Waals surface area contributed by atoms with E-state index in [2.05, 4.69) is 5.32 Å². The number of thiophene rings is 1. The molecule has 3 rings (SSSR count). The van der Waals surface area contributed by atoms with Crippen LogP contribution in [0.4, 0.5) is 4.79 Å². The molecule has 0 radical (unpaired) electrons. The molecule has 1 aliphatic heterocycles. The molecule has 124 valence electrons. The van der Waals surface area contributed by atoms with E-state index in [1.165, 1.54) is 11.3 Å². The summed E-state index contributed by atoms with van der Waals surface area (Å²) in [5.41, 5.74) is -0.792. The Balaban J connectivity index is 1.76.